The maximum atomic E-state index is 13.6. The second kappa shape index (κ2) is 7.31. The molecule has 2 rings (SSSR count). The number of ketones is 1. The Bertz CT molecular complexity index is 532. The minimum absolute atomic E-state index is 0.0214. The van der Waals surface area contributed by atoms with Gasteiger partial charge in [0.2, 0.25) is 0 Å². The molecule has 1 aromatic heterocycles. The van der Waals surface area contributed by atoms with E-state index in [1.54, 1.807) is 6.07 Å². The highest BCUT2D eigenvalue weighted by atomic mass is 19.1. The zero-order valence-corrected chi connectivity index (χ0v) is 12.4. The molecule has 3 nitrogen and oxygen atoms in total. The molecule has 112 valence electrons. The van der Waals surface area contributed by atoms with E-state index < -0.39 is 5.92 Å². The molecule has 0 amide bonds. The Morgan fingerprint density at radius 1 is 1.48 bits per heavy atom. The van der Waals surface area contributed by atoms with E-state index in [0.717, 1.165) is 25.7 Å². The lowest BCUT2D eigenvalue weighted by Crippen LogP contribution is -2.30. The standard InChI is InChI=1S/C17H21FN2O/c1-12(9-14-7-8-20-11-16(14)18)15(10-19)17(21)13-5-3-2-4-6-13/h7-8,11-13,15H,2-6,9H2,1H3. The summed E-state index contributed by atoms with van der Waals surface area (Å²) in [6, 6.07) is 3.77. The second-order valence-corrected chi connectivity index (χ2v) is 5.99. The predicted octanol–water partition coefficient (Wildman–Crippen LogP) is 3.69. The molecule has 4 heteroatoms. The van der Waals surface area contributed by atoms with Crippen LogP contribution in [0.1, 0.15) is 44.6 Å². The number of halogens is 1. The molecule has 0 radical (unpaired) electrons. The first kappa shape index (κ1) is 15.6. The van der Waals surface area contributed by atoms with Crippen LogP contribution in [0.5, 0.6) is 0 Å². The van der Waals surface area contributed by atoms with E-state index in [-0.39, 0.29) is 23.4 Å². The Kier molecular flexibility index (Phi) is 5.44. The van der Waals surface area contributed by atoms with Gasteiger partial charge in [0.05, 0.1) is 12.3 Å². The van der Waals surface area contributed by atoms with Gasteiger partial charge in [0, 0.05) is 12.1 Å². The Hall–Kier alpha value is -1.76. The van der Waals surface area contributed by atoms with Gasteiger partial charge in [0.15, 0.2) is 5.78 Å². The van der Waals surface area contributed by atoms with Crippen molar-refractivity contribution in [2.45, 2.75) is 45.4 Å². The smallest absolute Gasteiger partial charge is 0.153 e. The number of nitriles is 1. The third kappa shape index (κ3) is 3.87. The fourth-order valence-electron chi connectivity index (χ4n) is 3.15. The number of Topliss-reactive ketones (excluding diaryl/α,β-unsaturated/α-hetero) is 1. The largest absolute Gasteiger partial charge is 0.298 e. The summed E-state index contributed by atoms with van der Waals surface area (Å²) in [5.41, 5.74) is 0.522. The molecule has 1 heterocycles. The summed E-state index contributed by atoms with van der Waals surface area (Å²) in [4.78, 5) is 16.2. The molecule has 2 atom stereocenters. The first-order valence-corrected chi connectivity index (χ1v) is 7.65. The zero-order valence-electron chi connectivity index (χ0n) is 12.4. The van der Waals surface area contributed by atoms with Crippen molar-refractivity contribution in [3.8, 4) is 6.07 Å². The number of pyridine rings is 1. The lowest BCUT2D eigenvalue weighted by atomic mass is 9.77. The van der Waals surface area contributed by atoms with Crippen molar-refractivity contribution in [1.29, 1.82) is 5.26 Å². The van der Waals surface area contributed by atoms with Crippen molar-refractivity contribution < 1.29 is 9.18 Å². The lowest BCUT2D eigenvalue weighted by Gasteiger charge is -2.25. The van der Waals surface area contributed by atoms with Crippen LogP contribution in [-0.2, 0) is 11.2 Å². The van der Waals surface area contributed by atoms with Gasteiger partial charge in [-0.15, -0.1) is 0 Å². The molecule has 1 aliphatic carbocycles. The van der Waals surface area contributed by atoms with Gasteiger partial charge in [-0.25, -0.2) is 4.39 Å². The molecule has 0 N–H and O–H groups in total. The quantitative estimate of drug-likeness (QED) is 0.830. The maximum absolute atomic E-state index is 13.6. The number of hydrogen-bond acceptors (Lipinski definition) is 3. The van der Waals surface area contributed by atoms with Crippen LogP contribution in [0.25, 0.3) is 0 Å². The van der Waals surface area contributed by atoms with Crippen LogP contribution in [0.3, 0.4) is 0 Å². The van der Waals surface area contributed by atoms with Gasteiger partial charge < -0.3 is 0 Å². The van der Waals surface area contributed by atoms with E-state index in [1.165, 1.54) is 18.8 Å². The van der Waals surface area contributed by atoms with E-state index in [4.69, 9.17) is 0 Å². The van der Waals surface area contributed by atoms with Crippen molar-refractivity contribution in [2.24, 2.45) is 17.8 Å². The fraction of sp³-hybridized carbons (Fsp3) is 0.588. The third-order valence-corrected chi connectivity index (χ3v) is 4.42. The van der Waals surface area contributed by atoms with E-state index in [1.807, 2.05) is 6.92 Å². The minimum atomic E-state index is -0.638. The Morgan fingerprint density at radius 3 is 2.81 bits per heavy atom. The van der Waals surface area contributed by atoms with Crippen molar-refractivity contribution in [3.05, 3.63) is 29.8 Å². The van der Waals surface area contributed by atoms with Crippen LogP contribution >= 0.6 is 0 Å². The van der Waals surface area contributed by atoms with E-state index in [0.29, 0.717) is 12.0 Å². The zero-order chi connectivity index (χ0) is 15.2. The number of aromatic nitrogens is 1. The molecular formula is C17H21FN2O. The summed E-state index contributed by atoms with van der Waals surface area (Å²) >= 11 is 0. The third-order valence-electron chi connectivity index (χ3n) is 4.42. The summed E-state index contributed by atoms with van der Waals surface area (Å²) in [7, 11) is 0. The van der Waals surface area contributed by atoms with Crippen LogP contribution in [0.15, 0.2) is 18.5 Å². The summed E-state index contributed by atoms with van der Waals surface area (Å²) < 4.78 is 13.6. The summed E-state index contributed by atoms with van der Waals surface area (Å²) in [5, 5.41) is 9.37. The van der Waals surface area contributed by atoms with Crippen LogP contribution < -0.4 is 0 Å². The van der Waals surface area contributed by atoms with Crippen molar-refractivity contribution >= 4 is 5.78 Å². The minimum Gasteiger partial charge on any atom is -0.298 e. The molecule has 0 bridgehead atoms. The molecular weight excluding hydrogens is 267 g/mol. The maximum Gasteiger partial charge on any atom is 0.153 e. The summed E-state index contributed by atoms with van der Waals surface area (Å²) in [6.45, 7) is 1.86. The predicted molar refractivity (Wildman–Crippen MR) is 77.7 cm³/mol. The number of carbonyl (C=O) groups is 1. The first-order chi connectivity index (χ1) is 10.1. The van der Waals surface area contributed by atoms with Gasteiger partial charge in [-0.2, -0.15) is 5.26 Å². The van der Waals surface area contributed by atoms with Crippen molar-refractivity contribution in [1.82, 2.24) is 4.98 Å². The second-order valence-electron chi connectivity index (χ2n) is 5.99. The van der Waals surface area contributed by atoms with Crippen molar-refractivity contribution in [2.75, 3.05) is 0 Å². The molecule has 1 aliphatic rings. The lowest BCUT2D eigenvalue weighted by molar-refractivity contribution is -0.127. The summed E-state index contributed by atoms with van der Waals surface area (Å²) in [6.07, 6.45) is 8.22. The Balaban J connectivity index is 2.04. The summed E-state index contributed by atoms with van der Waals surface area (Å²) in [5.74, 6) is -1.11. The van der Waals surface area contributed by atoms with Gasteiger partial charge in [-0.1, -0.05) is 26.2 Å². The molecule has 0 spiro atoms. The van der Waals surface area contributed by atoms with Gasteiger partial charge in [-0.05, 0) is 36.8 Å². The van der Waals surface area contributed by atoms with Gasteiger partial charge >= 0.3 is 0 Å². The highest BCUT2D eigenvalue weighted by Gasteiger charge is 2.32. The van der Waals surface area contributed by atoms with Gasteiger partial charge in [0.1, 0.15) is 11.7 Å². The molecule has 0 aliphatic heterocycles. The van der Waals surface area contributed by atoms with Crippen LogP contribution in [0.4, 0.5) is 4.39 Å². The highest BCUT2D eigenvalue weighted by Crippen LogP contribution is 2.30. The van der Waals surface area contributed by atoms with Gasteiger partial charge in [-0.3, -0.25) is 9.78 Å². The highest BCUT2D eigenvalue weighted by molar-refractivity contribution is 5.86. The molecule has 1 saturated carbocycles. The average Bonchev–Trinajstić information content (AvgIpc) is 2.51. The Labute approximate surface area is 125 Å². The van der Waals surface area contributed by atoms with Crippen LogP contribution in [0.2, 0.25) is 0 Å². The molecule has 2 unspecified atom stereocenters. The number of carbonyl (C=O) groups excluding carboxylic acids is 1. The topological polar surface area (TPSA) is 53.8 Å². The van der Waals surface area contributed by atoms with Crippen molar-refractivity contribution in [3.63, 3.8) is 0 Å². The van der Waals surface area contributed by atoms with E-state index >= 15 is 0 Å². The Morgan fingerprint density at radius 2 is 2.19 bits per heavy atom. The molecule has 1 fully saturated rings. The van der Waals surface area contributed by atoms with Crippen LogP contribution in [-0.4, -0.2) is 10.8 Å². The molecule has 0 saturated heterocycles. The number of nitrogens with zero attached hydrogens (tertiary/aromatic N) is 2. The van der Waals surface area contributed by atoms with E-state index in [2.05, 4.69) is 11.1 Å². The normalized spacial score (nSPS) is 18.7. The molecule has 0 aromatic carbocycles. The SMILES string of the molecule is CC(Cc1ccncc1F)C(C#N)C(=O)C1CCCCC1. The average molecular weight is 288 g/mol. The number of rotatable bonds is 5. The molecule has 21 heavy (non-hydrogen) atoms. The molecule has 1 aromatic rings. The fourth-order valence-corrected chi connectivity index (χ4v) is 3.15. The monoisotopic (exact) mass is 288 g/mol. The number of hydrogen-bond donors (Lipinski definition) is 0. The first-order valence-electron chi connectivity index (χ1n) is 7.65. The van der Waals surface area contributed by atoms with Crippen LogP contribution in [0, 0.1) is 34.9 Å². The van der Waals surface area contributed by atoms with Gasteiger partial charge in [0.25, 0.3) is 0 Å². The van der Waals surface area contributed by atoms with E-state index in [9.17, 15) is 14.4 Å².